The number of nitrogens with two attached hydrogens (primary N) is 1. The molecule has 1 amide bonds. The molecule has 3 N–H and O–H groups in total. The highest BCUT2D eigenvalue weighted by Gasteiger charge is 2.29. The van der Waals surface area contributed by atoms with E-state index in [1.54, 1.807) is 25.3 Å². The number of hydrogen-bond acceptors (Lipinski definition) is 4. The molecular weight excluding hydrogens is 304 g/mol. The Morgan fingerprint density at radius 3 is 2.42 bits per heavy atom. The third kappa shape index (κ3) is 5.41. The second-order valence-corrected chi connectivity index (χ2v) is 7.13. The first-order valence-corrected chi connectivity index (χ1v) is 8.57. The molecule has 5 heteroatoms. The van der Waals surface area contributed by atoms with Gasteiger partial charge in [-0.2, -0.15) is 0 Å². The highest BCUT2D eigenvalue weighted by atomic mass is 16.5. The first-order valence-electron chi connectivity index (χ1n) is 8.57. The molecule has 0 spiro atoms. The molecule has 0 heterocycles. The van der Waals surface area contributed by atoms with Crippen LogP contribution in [0.2, 0.25) is 0 Å². The van der Waals surface area contributed by atoms with Gasteiger partial charge in [0.2, 0.25) is 0 Å². The summed E-state index contributed by atoms with van der Waals surface area (Å²) in [5.41, 5.74) is 5.92. The quantitative estimate of drug-likeness (QED) is 0.726. The maximum Gasteiger partial charge on any atom is 0.251 e. The number of ether oxygens (including phenoxy) is 2. The number of methoxy groups -OCH3 is 1. The fourth-order valence-electron chi connectivity index (χ4n) is 2.10. The van der Waals surface area contributed by atoms with Crippen molar-refractivity contribution in [1.82, 2.24) is 5.32 Å². The highest BCUT2D eigenvalue weighted by Crippen LogP contribution is 2.29. The van der Waals surface area contributed by atoms with Crippen LogP contribution in [-0.2, 0) is 0 Å². The van der Waals surface area contributed by atoms with Crippen molar-refractivity contribution in [2.24, 2.45) is 17.6 Å². The maximum atomic E-state index is 12.5. The molecule has 24 heavy (non-hydrogen) atoms. The minimum absolute atomic E-state index is 0.163. The van der Waals surface area contributed by atoms with Crippen molar-refractivity contribution in [3.05, 3.63) is 23.8 Å². The van der Waals surface area contributed by atoms with Gasteiger partial charge in [0.1, 0.15) is 0 Å². The Morgan fingerprint density at radius 2 is 1.92 bits per heavy atom. The van der Waals surface area contributed by atoms with Crippen molar-refractivity contribution >= 4 is 5.91 Å². The Balaban J connectivity index is 2.88. The van der Waals surface area contributed by atoms with E-state index in [2.05, 4.69) is 19.2 Å². The molecule has 0 saturated carbocycles. The largest absolute Gasteiger partial charge is 0.493 e. The number of rotatable bonds is 9. The SMILES string of the molecule is COc1cc(C(=O)NC(C)(CN)C(C)C)ccc1OCCC(C)C. The van der Waals surface area contributed by atoms with Gasteiger partial charge in [0.05, 0.1) is 19.3 Å². The van der Waals surface area contributed by atoms with Crippen LogP contribution in [0.5, 0.6) is 11.5 Å². The van der Waals surface area contributed by atoms with Crippen LogP contribution in [0.1, 0.15) is 51.4 Å². The molecule has 0 saturated heterocycles. The number of nitrogens with one attached hydrogen (secondary N) is 1. The topological polar surface area (TPSA) is 73.6 Å². The minimum atomic E-state index is -0.448. The van der Waals surface area contributed by atoms with Crippen molar-refractivity contribution in [2.45, 2.75) is 46.6 Å². The van der Waals surface area contributed by atoms with Crippen LogP contribution in [0.4, 0.5) is 0 Å². The number of amides is 1. The van der Waals surface area contributed by atoms with Crippen LogP contribution < -0.4 is 20.5 Å². The predicted molar refractivity (Wildman–Crippen MR) is 97.7 cm³/mol. The summed E-state index contributed by atoms with van der Waals surface area (Å²) in [4.78, 5) is 12.5. The van der Waals surface area contributed by atoms with Gasteiger partial charge in [-0.1, -0.05) is 27.7 Å². The lowest BCUT2D eigenvalue weighted by molar-refractivity contribution is 0.0883. The normalized spacial score (nSPS) is 13.7. The smallest absolute Gasteiger partial charge is 0.251 e. The molecule has 0 fully saturated rings. The summed E-state index contributed by atoms with van der Waals surface area (Å²) < 4.78 is 11.1. The third-order valence-corrected chi connectivity index (χ3v) is 4.48. The fourth-order valence-corrected chi connectivity index (χ4v) is 2.10. The molecule has 1 unspecified atom stereocenters. The van der Waals surface area contributed by atoms with E-state index in [4.69, 9.17) is 15.2 Å². The molecule has 0 aliphatic carbocycles. The second-order valence-electron chi connectivity index (χ2n) is 7.13. The first kappa shape index (κ1) is 20.3. The molecule has 0 radical (unpaired) electrons. The number of hydrogen-bond donors (Lipinski definition) is 2. The lowest BCUT2D eigenvalue weighted by Crippen LogP contribution is -2.55. The summed E-state index contributed by atoms with van der Waals surface area (Å²) in [5, 5.41) is 3.03. The van der Waals surface area contributed by atoms with Crippen molar-refractivity contribution < 1.29 is 14.3 Å². The van der Waals surface area contributed by atoms with E-state index < -0.39 is 5.54 Å². The van der Waals surface area contributed by atoms with Gasteiger partial charge >= 0.3 is 0 Å². The van der Waals surface area contributed by atoms with Crippen LogP contribution in [-0.4, -0.2) is 31.7 Å². The molecule has 5 nitrogen and oxygen atoms in total. The van der Waals surface area contributed by atoms with Crippen LogP contribution in [0.25, 0.3) is 0 Å². The Labute approximate surface area is 145 Å². The highest BCUT2D eigenvalue weighted by molar-refractivity contribution is 5.95. The van der Waals surface area contributed by atoms with Crippen molar-refractivity contribution in [3.63, 3.8) is 0 Å². The number of benzene rings is 1. The van der Waals surface area contributed by atoms with Gasteiger partial charge in [0.25, 0.3) is 5.91 Å². The van der Waals surface area contributed by atoms with E-state index in [0.717, 1.165) is 6.42 Å². The summed E-state index contributed by atoms with van der Waals surface area (Å²) in [5.74, 6) is 1.85. The van der Waals surface area contributed by atoms with E-state index in [9.17, 15) is 4.79 Å². The van der Waals surface area contributed by atoms with Crippen LogP contribution in [0.15, 0.2) is 18.2 Å². The van der Waals surface area contributed by atoms with E-state index >= 15 is 0 Å². The monoisotopic (exact) mass is 336 g/mol. The van der Waals surface area contributed by atoms with Gasteiger partial charge in [0, 0.05) is 12.1 Å². The van der Waals surface area contributed by atoms with Gasteiger partial charge in [-0.05, 0) is 43.4 Å². The molecule has 1 aromatic carbocycles. The molecule has 0 aliphatic heterocycles. The standard InChI is InChI=1S/C19H32N2O3/c1-13(2)9-10-24-16-8-7-15(11-17(16)23-6)18(22)21-19(5,12-20)14(3)4/h7-8,11,13-14H,9-10,12,20H2,1-6H3,(H,21,22). The van der Waals surface area contributed by atoms with Crippen molar-refractivity contribution in [3.8, 4) is 11.5 Å². The molecule has 1 atom stereocenters. The van der Waals surface area contributed by atoms with Gasteiger partial charge < -0.3 is 20.5 Å². The number of carbonyl (C=O) groups is 1. The van der Waals surface area contributed by atoms with Gasteiger partial charge in [-0.3, -0.25) is 4.79 Å². The lowest BCUT2D eigenvalue weighted by atomic mass is 9.88. The zero-order chi connectivity index (χ0) is 18.3. The molecule has 1 aromatic rings. The van der Waals surface area contributed by atoms with E-state index in [1.807, 2.05) is 20.8 Å². The maximum absolute atomic E-state index is 12.5. The number of carbonyl (C=O) groups excluding carboxylic acids is 1. The second kappa shape index (κ2) is 8.92. The lowest BCUT2D eigenvalue weighted by Gasteiger charge is -2.33. The summed E-state index contributed by atoms with van der Waals surface area (Å²) in [6.07, 6.45) is 0.967. The summed E-state index contributed by atoms with van der Waals surface area (Å²) in [7, 11) is 1.57. The minimum Gasteiger partial charge on any atom is -0.493 e. The summed E-state index contributed by atoms with van der Waals surface area (Å²) in [6.45, 7) is 11.3. The first-order chi connectivity index (χ1) is 11.2. The predicted octanol–water partition coefficient (Wildman–Crippen LogP) is 3.22. The molecule has 0 aromatic heterocycles. The zero-order valence-corrected chi connectivity index (χ0v) is 15.8. The molecule has 0 bridgehead atoms. The molecule has 136 valence electrons. The average molecular weight is 336 g/mol. The molecule has 1 rings (SSSR count). The van der Waals surface area contributed by atoms with E-state index in [-0.39, 0.29) is 11.8 Å². The van der Waals surface area contributed by atoms with E-state index in [1.165, 1.54) is 0 Å². The Hall–Kier alpha value is -1.75. The van der Waals surface area contributed by atoms with Crippen LogP contribution in [0.3, 0.4) is 0 Å². The Kier molecular flexibility index (Phi) is 7.55. The Morgan fingerprint density at radius 1 is 1.25 bits per heavy atom. The van der Waals surface area contributed by atoms with Gasteiger partial charge in [-0.15, -0.1) is 0 Å². The third-order valence-electron chi connectivity index (χ3n) is 4.48. The molecule has 0 aliphatic rings. The van der Waals surface area contributed by atoms with Crippen LogP contribution >= 0.6 is 0 Å². The summed E-state index contributed by atoms with van der Waals surface area (Å²) in [6, 6.07) is 5.24. The molecular formula is C19H32N2O3. The van der Waals surface area contributed by atoms with Gasteiger partial charge in [-0.25, -0.2) is 0 Å². The van der Waals surface area contributed by atoms with Crippen molar-refractivity contribution in [1.29, 1.82) is 0 Å². The van der Waals surface area contributed by atoms with Crippen LogP contribution in [0, 0.1) is 11.8 Å². The van der Waals surface area contributed by atoms with Gasteiger partial charge in [0.15, 0.2) is 11.5 Å². The summed E-state index contributed by atoms with van der Waals surface area (Å²) >= 11 is 0. The van der Waals surface area contributed by atoms with Crippen molar-refractivity contribution in [2.75, 3.05) is 20.3 Å². The average Bonchev–Trinajstić information content (AvgIpc) is 2.54. The fraction of sp³-hybridized carbons (Fsp3) is 0.632. The Bertz CT molecular complexity index is 543. The van der Waals surface area contributed by atoms with E-state index in [0.29, 0.717) is 36.1 Å². The zero-order valence-electron chi connectivity index (χ0n) is 15.8.